The summed E-state index contributed by atoms with van der Waals surface area (Å²) in [6.45, 7) is 0. The fourth-order valence-electron chi connectivity index (χ4n) is 3.86. The number of benzene rings is 1. The van der Waals surface area contributed by atoms with Crippen molar-refractivity contribution in [2.75, 3.05) is 15.8 Å². The maximum absolute atomic E-state index is 14.5. The summed E-state index contributed by atoms with van der Waals surface area (Å²) in [5.74, 6) is -2.81. The second-order valence-corrected chi connectivity index (χ2v) is 10.3. The molecule has 1 fully saturated rings. The molecule has 198 valence electrons. The van der Waals surface area contributed by atoms with Gasteiger partial charge in [0.25, 0.3) is 0 Å². The van der Waals surface area contributed by atoms with Gasteiger partial charge in [-0.2, -0.15) is 13.2 Å². The van der Waals surface area contributed by atoms with Crippen molar-refractivity contribution in [1.82, 2.24) is 15.0 Å². The minimum absolute atomic E-state index is 0.0535. The molecule has 0 atom stereocenters. The average Bonchev–Trinajstić information content (AvgIpc) is 2.81. The van der Waals surface area contributed by atoms with E-state index in [1.54, 1.807) is 29.1 Å². The summed E-state index contributed by atoms with van der Waals surface area (Å²) >= 11 is 0. The van der Waals surface area contributed by atoms with Crippen molar-refractivity contribution in [3.05, 3.63) is 54.6 Å². The third-order valence-corrected chi connectivity index (χ3v) is 6.82. The minimum Gasteiger partial charge on any atom is -0.438 e. The highest BCUT2D eigenvalue weighted by Gasteiger charge is 2.35. The number of pyridine rings is 1. The molecule has 0 amide bonds. The van der Waals surface area contributed by atoms with Crippen molar-refractivity contribution in [2.45, 2.75) is 43.9 Å². The van der Waals surface area contributed by atoms with Crippen LogP contribution in [0.25, 0.3) is 11.3 Å². The highest BCUT2D eigenvalue weighted by Crippen LogP contribution is 2.32. The Bertz CT molecular complexity index is 1350. The molecule has 1 saturated carbocycles. The van der Waals surface area contributed by atoms with Crippen molar-refractivity contribution < 1.29 is 30.7 Å². The number of aromatic nitrogens is 3. The Balaban J connectivity index is 1.50. The lowest BCUT2D eigenvalue weighted by Gasteiger charge is -2.26. The molecule has 4 N–H and O–H groups in total. The number of alkyl halides is 3. The molecule has 0 unspecified atom stereocenters. The van der Waals surface area contributed by atoms with E-state index in [0.29, 0.717) is 17.2 Å². The summed E-state index contributed by atoms with van der Waals surface area (Å²) in [6, 6.07) is 8.44. The lowest BCUT2D eigenvalue weighted by molar-refractivity contribution is -0.106. The summed E-state index contributed by atoms with van der Waals surface area (Å²) in [4.78, 5) is 13.0. The number of nitrogens with two attached hydrogens (primary N) is 1. The van der Waals surface area contributed by atoms with Crippen LogP contribution in [0.2, 0.25) is 0 Å². The molecule has 1 aliphatic rings. The Hall–Kier alpha value is -3.52. The molecule has 14 heteroatoms. The van der Waals surface area contributed by atoms with Crippen LogP contribution in [0.4, 0.5) is 29.2 Å². The van der Waals surface area contributed by atoms with Crippen LogP contribution in [0, 0.1) is 5.82 Å². The normalized spacial score (nSPS) is 18.3. The summed E-state index contributed by atoms with van der Waals surface area (Å²) in [5, 5.41) is 3.31. The van der Waals surface area contributed by atoms with Crippen molar-refractivity contribution in [3.63, 3.8) is 0 Å². The second-order valence-electron chi connectivity index (χ2n) is 8.60. The Kier molecular flexibility index (Phi) is 7.78. The van der Waals surface area contributed by atoms with Crippen LogP contribution in [0.15, 0.2) is 48.8 Å². The zero-order valence-corrected chi connectivity index (χ0v) is 20.2. The number of hydrogen-bond donors (Lipinski definition) is 3. The molecule has 0 saturated heterocycles. The number of hydrogen-bond acceptors (Lipinski definition) is 8. The molecule has 2 aromatic heterocycles. The van der Waals surface area contributed by atoms with E-state index in [4.69, 9.17) is 10.5 Å². The first-order chi connectivity index (χ1) is 17.5. The molecule has 9 nitrogen and oxygen atoms in total. The van der Waals surface area contributed by atoms with Gasteiger partial charge in [0.2, 0.25) is 21.9 Å². The minimum atomic E-state index is -4.97. The maximum atomic E-state index is 14.5. The van der Waals surface area contributed by atoms with Gasteiger partial charge in [-0.05, 0) is 56.0 Å². The zero-order valence-electron chi connectivity index (χ0n) is 19.4. The van der Waals surface area contributed by atoms with Crippen molar-refractivity contribution in [2.24, 2.45) is 5.73 Å². The van der Waals surface area contributed by atoms with Gasteiger partial charge in [-0.1, -0.05) is 0 Å². The van der Waals surface area contributed by atoms with Crippen molar-refractivity contribution in [3.8, 4) is 22.9 Å². The van der Waals surface area contributed by atoms with E-state index in [9.17, 15) is 26.0 Å². The number of sulfonamides is 1. The van der Waals surface area contributed by atoms with Gasteiger partial charge in [-0.15, -0.1) is 0 Å². The van der Waals surface area contributed by atoms with Crippen LogP contribution in [-0.2, 0) is 10.0 Å². The lowest BCUT2D eigenvalue weighted by Crippen LogP contribution is -2.33. The van der Waals surface area contributed by atoms with Gasteiger partial charge in [-0.25, -0.2) is 27.8 Å². The monoisotopic (exact) mass is 540 g/mol. The predicted octanol–water partition coefficient (Wildman–Crippen LogP) is 4.46. The first-order valence-corrected chi connectivity index (χ1v) is 13.0. The van der Waals surface area contributed by atoms with Gasteiger partial charge in [0.05, 0.1) is 16.9 Å². The molecular weight excluding hydrogens is 516 g/mol. The summed E-state index contributed by atoms with van der Waals surface area (Å²) in [6.07, 6.45) is 1.71. The quantitative estimate of drug-likeness (QED) is 0.357. The van der Waals surface area contributed by atoms with Crippen molar-refractivity contribution >= 4 is 21.7 Å². The van der Waals surface area contributed by atoms with Crippen LogP contribution in [0.3, 0.4) is 0 Å². The molecule has 4 rings (SSSR count). The molecule has 0 spiro atoms. The summed E-state index contributed by atoms with van der Waals surface area (Å²) in [7, 11) is -4.84. The number of rotatable bonds is 8. The first-order valence-electron chi connectivity index (χ1n) is 11.3. The molecule has 0 aliphatic heterocycles. The van der Waals surface area contributed by atoms with Crippen molar-refractivity contribution in [1.29, 1.82) is 0 Å². The Morgan fingerprint density at radius 2 is 1.81 bits per heavy atom. The number of ether oxygens (including phenoxy) is 1. The Morgan fingerprint density at radius 1 is 1.05 bits per heavy atom. The number of nitrogens with zero attached hydrogens (tertiary/aromatic N) is 3. The molecule has 37 heavy (non-hydrogen) atoms. The molecule has 0 radical (unpaired) electrons. The van der Waals surface area contributed by atoms with Crippen LogP contribution in [-0.4, -0.2) is 47.4 Å². The van der Waals surface area contributed by atoms with Gasteiger partial charge in [-0.3, -0.25) is 4.72 Å². The highest BCUT2D eigenvalue weighted by atomic mass is 32.2. The third kappa shape index (κ3) is 7.49. The highest BCUT2D eigenvalue weighted by molar-refractivity contribution is 7.92. The van der Waals surface area contributed by atoms with Gasteiger partial charge in [0.15, 0.2) is 11.6 Å². The van der Waals surface area contributed by atoms with Crippen LogP contribution < -0.4 is 20.5 Å². The average molecular weight is 541 g/mol. The largest absolute Gasteiger partial charge is 0.438 e. The van der Waals surface area contributed by atoms with E-state index >= 15 is 0 Å². The fraction of sp³-hybridized carbons (Fsp3) is 0.348. The standard InChI is InChI=1S/C23H24F4N6O3S/c24-18-12-16(7-8-20(18)33-37(34,35)13-23(25,26)27)36-21-17(2-1-10-29-21)19-9-11-30-22(32-19)31-15-5-3-14(28)4-6-15/h1-2,7-12,14-15,33H,3-6,13,28H2,(H,30,31,32)/t14-,15-. The summed E-state index contributed by atoms with van der Waals surface area (Å²) in [5.41, 5.74) is 6.29. The van der Waals surface area contributed by atoms with Gasteiger partial charge in [0.1, 0.15) is 5.75 Å². The molecular formula is C23H24F4N6O3S. The van der Waals surface area contributed by atoms with E-state index in [1.807, 2.05) is 0 Å². The third-order valence-electron chi connectivity index (χ3n) is 5.58. The van der Waals surface area contributed by atoms with Gasteiger partial charge < -0.3 is 15.8 Å². The summed E-state index contributed by atoms with van der Waals surface area (Å²) < 4.78 is 82.4. The Labute approximate surface area is 210 Å². The van der Waals surface area contributed by atoms with E-state index < -0.39 is 33.5 Å². The fourth-order valence-corrected chi connectivity index (χ4v) is 4.87. The molecule has 3 aromatic rings. The van der Waals surface area contributed by atoms with E-state index in [1.165, 1.54) is 12.3 Å². The van der Waals surface area contributed by atoms with E-state index in [-0.39, 0.29) is 23.7 Å². The molecule has 1 aliphatic carbocycles. The molecule has 2 heterocycles. The number of nitrogens with one attached hydrogen (secondary N) is 2. The predicted molar refractivity (Wildman–Crippen MR) is 129 cm³/mol. The number of anilines is 2. The maximum Gasteiger partial charge on any atom is 0.404 e. The van der Waals surface area contributed by atoms with Gasteiger partial charge in [0, 0.05) is 30.5 Å². The zero-order chi connectivity index (χ0) is 26.6. The van der Waals surface area contributed by atoms with Crippen LogP contribution in [0.1, 0.15) is 25.7 Å². The second kappa shape index (κ2) is 10.8. The van der Waals surface area contributed by atoms with Crippen LogP contribution >= 0.6 is 0 Å². The van der Waals surface area contributed by atoms with E-state index in [2.05, 4.69) is 20.3 Å². The Morgan fingerprint density at radius 3 is 2.51 bits per heavy atom. The molecule has 0 bridgehead atoms. The lowest BCUT2D eigenvalue weighted by atomic mass is 9.92. The number of halogens is 4. The van der Waals surface area contributed by atoms with Gasteiger partial charge >= 0.3 is 6.18 Å². The topological polar surface area (TPSA) is 132 Å². The molecule has 1 aromatic carbocycles. The van der Waals surface area contributed by atoms with Crippen LogP contribution in [0.5, 0.6) is 11.6 Å². The smallest absolute Gasteiger partial charge is 0.404 e. The first kappa shape index (κ1) is 26.5. The van der Waals surface area contributed by atoms with E-state index in [0.717, 1.165) is 37.8 Å². The SMILES string of the molecule is N[C@H]1CC[C@H](Nc2nccc(-c3cccnc3Oc3ccc(NS(=O)(=O)CC(F)(F)F)c(F)c3)n2)CC1.